The summed E-state index contributed by atoms with van der Waals surface area (Å²) in [6.45, 7) is 5.88. The standard InChI is InChI=1S/C18H23NO2.C2H2O4/c1-13-10-18(21-4)14(2)9-16(13)12-19-11-15-5-7-17(20-3)8-6-15;3-1(4)2(5)6/h5-10,19H,11-12H2,1-4H3;(H,3,4)(H,5,6). The molecule has 3 N–H and O–H groups in total. The Labute approximate surface area is 158 Å². The highest BCUT2D eigenvalue weighted by Gasteiger charge is 2.05. The second kappa shape index (κ2) is 10.8. The fraction of sp³-hybridized carbons (Fsp3) is 0.300. The Kier molecular flexibility index (Phi) is 8.81. The van der Waals surface area contributed by atoms with Gasteiger partial charge in [-0.25, -0.2) is 9.59 Å². The van der Waals surface area contributed by atoms with Gasteiger partial charge in [0.1, 0.15) is 11.5 Å². The van der Waals surface area contributed by atoms with Gasteiger partial charge in [-0.2, -0.15) is 0 Å². The summed E-state index contributed by atoms with van der Waals surface area (Å²) in [6.07, 6.45) is 0. The van der Waals surface area contributed by atoms with Crippen LogP contribution in [-0.4, -0.2) is 36.4 Å². The van der Waals surface area contributed by atoms with Crippen LogP contribution in [0.1, 0.15) is 22.3 Å². The number of rotatable bonds is 6. The van der Waals surface area contributed by atoms with Crippen molar-refractivity contribution >= 4 is 11.9 Å². The maximum atomic E-state index is 9.10. The second-order valence-electron chi connectivity index (χ2n) is 5.81. The van der Waals surface area contributed by atoms with Crippen molar-refractivity contribution in [3.63, 3.8) is 0 Å². The van der Waals surface area contributed by atoms with Crippen molar-refractivity contribution in [3.05, 3.63) is 58.7 Å². The summed E-state index contributed by atoms with van der Waals surface area (Å²) in [6, 6.07) is 12.4. The van der Waals surface area contributed by atoms with E-state index >= 15 is 0 Å². The first-order chi connectivity index (χ1) is 12.8. The molecule has 0 aromatic heterocycles. The third kappa shape index (κ3) is 7.37. The summed E-state index contributed by atoms with van der Waals surface area (Å²) in [4.78, 5) is 18.2. The van der Waals surface area contributed by atoms with E-state index in [9.17, 15) is 0 Å². The predicted molar refractivity (Wildman–Crippen MR) is 101 cm³/mol. The molecule has 0 aliphatic carbocycles. The Morgan fingerprint density at radius 2 is 1.48 bits per heavy atom. The number of carbonyl (C=O) groups is 2. The lowest BCUT2D eigenvalue weighted by Gasteiger charge is -2.12. The molecule has 7 heteroatoms. The van der Waals surface area contributed by atoms with E-state index in [1.165, 1.54) is 22.3 Å². The third-order valence-electron chi connectivity index (χ3n) is 3.84. The molecule has 0 spiro atoms. The van der Waals surface area contributed by atoms with E-state index in [0.717, 1.165) is 24.6 Å². The molecule has 0 fully saturated rings. The largest absolute Gasteiger partial charge is 0.497 e. The molecular weight excluding hydrogens is 350 g/mol. The van der Waals surface area contributed by atoms with Gasteiger partial charge in [0.2, 0.25) is 0 Å². The Balaban J connectivity index is 0.000000527. The van der Waals surface area contributed by atoms with Gasteiger partial charge in [-0.05, 0) is 54.3 Å². The molecule has 2 aromatic carbocycles. The number of ether oxygens (including phenoxy) is 2. The number of aliphatic carboxylic acids is 2. The Bertz CT molecular complexity index is 759. The van der Waals surface area contributed by atoms with Gasteiger partial charge in [-0.1, -0.05) is 18.2 Å². The summed E-state index contributed by atoms with van der Waals surface area (Å²) < 4.78 is 10.5. The average Bonchev–Trinajstić information content (AvgIpc) is 2.65. The molecule has 0 heterocycles. The van der Waals surface area contributed by atoms with Crippen molar-refractivity contribution in [1.82, 2.24) is 5.32 Å². The van der Waals surface area contributed by atoms with E-state index in [2.05, 4.69) is 43.4 Å². The van der Waals surface area contributed by atoms with Gasteiger partial charge in [0.15, 0.2) is 0 Å². The number of aryl methyl sites for hydroxylation is 2. The first-order valence-corrected chi connectivity index (χ1v) is 8.22. The van der Waals surface area contributed by atoms with Crippen molar-refractivity contribution < 1.29 is 29.3 Å². The van der Waals surface area contributed by atoms with Crippen molar-refractivity contribution in [2.75, 3.05) is 14.2 Å². The summed E-state index contributed by atoms with van der Waals surface area (Å²) in [5.41, 5.74) is 4.98. The molecule has 0 unspecified atom stereocenters. The fourth-order valence-corrected chi connectivity index (χ4v) is 2.34. The number of carboxylic acids is 2. The minimum Gasteiger partial charge on any atom is -0.497 e. The molecule has 0 aliphatic heterocycles. The molecule has 2 aromatic rings. The lowest BCUT2D eigenvalue weighted by atomic mass is 10.0. The van der Waals surface area contributed by atoms with Crippen LogP contribution < -0.4 is 14.8 Å². The second-order valence-corrected chi connectivity index (χ2v) is 5.81. The van der Waals surface area contributed by atoms with Crippen LogP contribution in [0.15, 0.2) is 36.4 Å². The van der Waals surface area contributed by atoms with Gasteiger partial charge >= 0.3 is 11.9 Å². The van der Waals surface area contributed by atoms with Gasteiger partial charge in [-0.3, -0.25) is 0 Å². The fourth-order valence-electron chi connectivity index (χ4n) is 2.34. The SMILES string of the molecule is COc1ccc(CNCc2cc(C)c(OC)cc2C)cc1.O=C(O)C(=O)O. The van der Waals surface area contributed by atoms with Crippen LogP contribution >= 0.6 is 0 Å². The van der Waals surface area contributed by atoms with Gasteiger partial charge in [-0.15, -0.1) is 0 Å². The highest BCUT2D eigenvalue weighted by molar-refractivity contribution is 6.27. The van der Waals surface area contributed by atoms with E-state index < -0.39 is 11.9 Å². The molecule has 0 amide bonds. The first-order valence-electron chi connectivity index (χ1n) is 8.22. The number of carboxylic acid groups (broad SMARTS) is 2. The zero-order valence-electron chi connectivity index (χ0n) is 15.9. The topological polar surface area (TPSA) is 105 Å². The minimum atomic E-state index is -1.82. The maximum absolute atomic E-state index is 9.10. The van der Waals surface area contributed by atoms with Crippen molar-refractivity contribution in [1.29, 1.82) is 0 Å². The van der Waals surface area contributed by atoms with E-state index in [0.29, 0.717) is 0 Å². The molecule has 0 radical (unpaired) electrons. The summed E-state index contributed by atoms with van der Waals surface area (Å²) in [7, 11) is 3.39. The number of benzene rings is 2. The molecule has 0 aliphatic rings. The molecule has 146 valence electrons. The van der Waals surface area contributed by atoms with E-state index in [1.54, 1.807) is 14.2 Å². The van der Waals surface area contributed by atoms with Crippen LogP contribution in [0.5, 0.6) is 11.5 Å². The molecule has 0 saturated heterocycles. The first kappa shape index (κ1) is 22.0. The van der Waals surface area contributed by atoms with Crippen LogP contribution in [0.3, 0.4) is 0 Å². The smallest absolute Gasteiger partial charge is 0.414 e. The minimum absolute atomic E-state index is 0.842. The molecule has 2 rings (SSSR count). The van der Waals surface area contributed by atoms with Crippen LogP contribution in [0.4, 0.5) is 0 Å². The lowest BCUT2D eigenvalue weighted by molar-refractivity contribution is -0.159. The van der Waals surface area contributed by atoms with Gasteiger partial charge in [0.05, 0.1) is 14.2 Å². The third-order valence-corrected chi connectivity index (χ3v) is 3.84. The number of hydrogen-bond donors (Lipinski definition) is 3. The molecular formula is C20H25NO6. The average molecular weight is 375 g/mol. The Morgan fingerprint density at radius 1 is 0.889 bits per heavy atom. The zero-order chi connectivity index (χ0) is 20.4. The van der Waals surface area contributed by atoms with Crippen LogP contribution in [-0.2, 0) is 22.7 Å². The highest BCUT2D eigenvalue weighted by Crippen LogP contribution is 2.22. The van der Waals surface area contributed by atoms with Crippen molar-refractivity contribution in [3.8, 4) is 11.5 Å². The van der Waals surface area contributed by atoms with Gasteiger partial charge < -0.3 is 25.0 Å². The van der Waals surface area contributed by atoms with E-state index in [1.807, 2.05) is 12.1 Å². The molecule has 7 nitrogen and oxygen atoms in total. The van der Waals surface area contributed by atoms with Crippen LogP contribution in [0.2, 0.25) is 0 Å². The summed E-state index contributed by atoms with van der Waals surface area (Å²) in [5.74, 6) is -1.81. The highest BCUT2D eigenvalue weighted by atomic mass is 16.5. The zero-order valence-corrected chi connectivity index (χ0v) is 15.9. The predicted octanol–water partition coefficient (Wildman–Crippen LogP) is 2.77. The number of nitrogens with one attached hydrogen (secondary N) is 1. The van der Waals surface area contributed by atoms with Gasteiger partial charge in [0.25, 0.3) is 0 Å². The molecule has 27 heavy (non-hydrogen) atoms. The molecule has 0 bridgehead atoms. The van der Waals surface area contributed by atoms with Gasteiger partial charge in [0, 0.05) is 13.1 Å². The van der Waals surface area contributed by atoms with Crippen LogP contribution in [0, 0.1) is 13.8 Å². The van der Waals surface area contributed by atoms with Crippen molar-refractivity contribution in [2.24, 2.45) is 0 Å². The molecule has 0 saturated carbocycles. The number of hydrogen-bond acceptors (Lipinski definition) is 5. The van der Waals surface area contributed by atoms with E-state index in [-0.39, 0.29) is 0 Å². The molecule has 0 atom stereocenters. The van der Waals surface area contributed by atoms with Crippen molar-refractivity contribution in [2.45, 2.75) is 26.9 Å². The summed E-state index contributed by atoms with van der Waals surface area (Å²) in [5, 5.41) is 18.3. The maximum Gasteiger partial charge on any atom is 0.414 e. The Morgan fingerprint density at radius 3 is 1.96 bits per heavy atom. The number of methoxy groups -OCH3 is 2. The van der Waals surface area contributed by atoms with E-state index in [4.69, 9.17) is 29.3 Å². The normalized spacial score (nSPS) is 9.78. The summed E-state index contributed by atoms with van der Waals surface area (Å²) >= 11 is 0. The lowest BCUT2D eigenvalue weighted by Crippen LogP contribution is -2.13. The van der Waals surface area contributed by atoms with Crippen LogP contribution in [0.25, 0.3) is 0 Å². The quantitative estimate of drug-likeness (QED) is 0.667. The Hall–Kier alpha value is -3.06. The monoisotopic (exact) mass is 375 g/mol.